The minimum atomic E-state index is 0.374. The monoisotopic (exact) mass is 342 g/mol. The average Bonchev–Trinajstić information content (AvgIpc) is 3.13. The molecule has 0 fully saturated rings. The molecule has 0 N–H and O–H groups in total. The fourth-order valence-electron chi connectivity index (χ4n) is 2.07. The van der Waals surface area contributed by atoms with E-state index in [1.165, 1.54) is 17.3 Å². The quantitative estimate of drug-likeness (QED) is 0.644. The fraction of sp³-hybridized carbons (Fsp3) is 0.118. The van der Waals surface area contributed by atoms with Gasteiger partial charge in [0.25, 0.3) is 0 Å². The first-order valence-corrected chi connectivity index (χ1v) is 7.56. The average molecular weight is 343 g/mol. The van der Waals surface area contributed by atoms with E-state index < -0.39 is 0 Å². The summed E-state index contributed by atoms with van der Waals surface area (Å²) in [5.74, 6) is 1.50. The number of ether oxygens (including phenoxy) is 2. The first kappa shape index (κ1) is 16.0. The number of nitrogens with zero attached hydrogens (tertiary/aromatic N) is 4. The normalized spacial score (nSPS) is 10.9. The van der Waals surface area contributed by atoms with Gasteiger partial charge in [0, 0.05) is 10.6 Å². The summed E-state index contributed by atoms with van der Waals surface area (Å²) in [6.07, 6.45) is 4.75. The van der Waals surface area contributed by atoms with Crippen molar-refractivity contribution in [2.24, 2.45) is 5.10 Å². The summed E-state index contributed by atoms with van der Waals surface area (Å²) in [6, 6.07) is 13.0. The lowest BCUT2D eigenvalue weighted by Crippen LogP contribution is -2.00. The number of hydrogen-bond donors (Lipinski definition) is 0. The van der Waals surface area contributed by atoms with Crippen molar-refractivity contribution in [1.29, 1.82) is 0 Å². The molecule has 0 aliphatic carbocycles. The molecule has 0 aliphatic heterocycles. The van der Waals surface area contributed by atoms with Gasteiger partial charge in [-0.15, -0.1) is 10.2 Å². The van der Waals surface area contributed by atoms with Gasteiger partial charge in [0.2, 0.25) is 0 Å². The number of halogens is 1. The lowest BCUT2D eigenvalue weighted by molar-refractivity contribution is 0.296. The molecule has 0 saturated heterocycles. The summed E-state index contributed by atoms with van der Waals surface area (Å²) >= 11 is 5.87. The molecule has 122 valence electrons. The number of hydrogen-bond acceptors (Lipinski definition) is 5. The summed E-state index contributed by atoms with van der Waals surface area (Å²) < 4.78 is 12.7. The van der Waals surface area contributed by atoms with Crippen LogP contribution in [0.2, 0.25) is 5.02 Å². The van der Waals surface area contributed by atoms with Crippen LogP contribution in [-0.4, -0.2) is 28.2 Å². The van der Waals surface area contributed by atoms with Gasteiger partial charge in [-0.2, -0.15) is 5.10 Å². The molecule has 3 rings (SSSR count). The molecule has 0 amide bonds. The van der Waals surface area contributed by atoms with Gasteiger partial charge in [-0.25, -0.2) is 4.68 Å². The molecule has 1 aromatic heterocycles. The van der Waals surface area contributed by atoms with Gasteiger partial charge in [-0.1, -0.05) is 11.6 Å². The van der Waals surface area contributed by atoms with E-state index in [2.05, 4.69) is 15.3 Å². The number of benzene rings is 2. The van der Waals surface area contributed by atoms with Crippen LogP contribution in [0.5, 0.6) is 11.5 Å². The van der Waals surface area contributed by atoms with Crippen LogP contribution < -0.4 is 9.47 Å². The number of rotatable bonds is 6. The second-order valence-corrected chi connectivity index (χ2v) is 5.34. The third-order valence-electron chi connectivity index (χ3n) is 3.26. The molecule has 2 aromatic carbocycles. The van der Waals surface area contributed by atoms with Crippen LogP contribution in [0.25, 0.3) is 0 Å². The SMILES string of the molecule is COc1ccc(/C=N\n2cnnc2)cc1COc1ccc(Cl)cc1. The molecule has 0 saturated carbocycles. The van der Waals surface area contributed by atoms with Crippen LogP contribution >= 0.6 is 11.6 Å². The highest BCUT2D eigenvalue weighted by Gasteiger charge is 2.05. The van der Waals surface area contributed by atoms with Crippen molar-refractivity contribution < 1.29 is 9.47 Å². The Morgan fingerprint density at radius 3 is 2.58 bits per heavy atom. The van der Waals surface area contributed by atoms with E-state index in [1.807, 2.05) is 30.3 Å². The van der Waals surface area contributed by atoms with E-state index in [0.29, 0.717) is 11.6 Å². The molecule has 3 aromatic rings. The Morgan fingerprint density at radius 2 is 1.88 bits per heavy atom. The Labute approximate surface area is 144 Å². The van der Waals surface area contributed by atoms with Gasteiger partial charge in [0.05, 0.1) is 13.3 Å². The maximum Gasteiger partial charge on any atom is 0.141 e. The summed E-state index contributed by atoms with van der Waals surface area (Å²) in [6.45, 7) is 0.374. The lowest BCUT2D eigenvalue weighted by atomic mass is 10.1. The first-order valence-electron chi connectivity index (χ1n) is 7.19. The Balaban J connectivity index is 1.75. The topological polar surface area (TPSA) is 61.5 Å². The van der Waals surface area contributed by atoms with Crippen molar-refractivity contribution in [2.45, 2.75) is 6.61 Å². The van der Waals surface area contributed by atoms with E-state index in [0.717, 1.165) is 22.6 Å². The van der Waals surface area contributed by atoms with Gasteiger partial charge < -0.3 is 9.47 Å². The van der Waals surface area contributed by atoms with Crippen molar-refractivity contribution in [3.8, 4) is 11.5 Å². The Hall–Kier alpha value is -2.86. The van der Waals surface area contributed by atoms with Crippen LogP contribution in [0.3, 0.4) is 0 Å². The van der Waals surface area contributed by atoms with E-state index in [-0.39, 0.29) is 0 Å². The van der Waals surface area contributed by atoms with Crippen molar-refractivity contribution in [1.82, 2.24) is 14.9 Å². The molecule has 6 nitrogen and oxygen atoms in total. The second-order valence-electron chi connectivity index (χ2n) is 4.90. The molecular formula is C17H15ClN4O2. The standard InChI is InChI=1S/C17H15ClN4O2/c1-23-17-7-2-13(9-21-22-11-19-20-12-22)8-14(17)10-24-16-5-3-15(18)4-6-16/h2-9,11-12H,10H2,1H3/b21-9-. The predicted octanol–water partition coefficient (Wildman–Crippen LogP) is 3.40. The van der Waals surface area contributed by atoms with Crippen molar-refractivity contribution in [3.63, 3.8) is 0 Å². The summed E-state index contributed by atoms with van der Waals surface area (Å²) in [5.41, 5.74) is 1.83. The highest BCUT2D eigenvalue weighted by molar-refractivity contribution is 6.30. The molecular weight excluding hydrogens is 328 g/mol. The highest BCUT2D eigenvalue weighted by atomic mass is 35.5. The van der Waals surface area contributed by atoms with Crippen molar-refractivity contribution in [2.75, 3.05) is 7.11 Å². The van der Waals surface area contributed by atoms with Gasteiger partial charge in [-0.3, -0.25) is 0 Å². The molecule has 24 heavy (non-hydrogen) atoms. The zero-order valence-corrected chi connectivity index (χ0v) is 13.7. The summed E-state index contributed by atoms with van der Waals surface area (Å²) in [4.78, 5) is 0. The molecule has 0 spiro atoms. The molecule has 0 aliphatic rings. The zero-order valence-electron chi connectivity index (χ0n) is 13.0. The minimum Gasteiger partial charge on any atom is -0.496 e. The Bertz CT molecular complexity index is 817. The van der Waals surface area contributed by atoms with Gasteiger partial charge in [0.1, 0.15) is 30.8 Å². The smallest absolute Gasteiger partial charge is 0.141 e. The third kappa shape index (κ3) is 4.11. The maximum absolute atomic E-state index is 5.87. The molecule has 7 heteroatoms. The number of aromatic nitrogens is 3. The van der Waals surface area contributed by atoms with Crippen LogP contribution in [0.1, 0.15) is 11.1 Å². The highest BCUT2D eigenvalue weighted by Crippen LogP contribution is 2.22. The van der Waals surface area contributed by atoms with E-state index in [1.54, 1.807) is 25.5 Å². The third-order valence-corrected chi connectivity index (χ3v) is 3.51. The van der Waals surface area contributed by atoms with Gasteiger partial charge >= 0.3 is 0 Å². The Kier molecular flexibility index (Phi) is 5.08. The van der Waals surface area contributed by atoms with E-state index >= 15 is 0 Å². The van der Waals surface area contributed by atoms with Crippen LogP contribution in [0.15, 0.2) is 60.2 Å². The molecule has 0 unspecified atom stereocenters. The fourth-order valence-corrected chi connectivity index (χ4v) is 2.20. The molecule has 0 atom stereocenters. The maximum atomic E-state index is 5.87. The second kappa shape index (κ2) is 7.61. The van der Waals surface area contributed by atoms with Gasteiger partial charge in [-0.05, 0) is 48.0 Å². The predicted molar refractivity (Wildman–Crippen MR) is 91.8 cm³/mol. The number of methoxy groups -OCH3 is 1. The van der Waals surface area contributed by atoms with Crippen LogP contribution in [0, 0.1) is 0 Å². The van der Waals surface area contributed by atoms with Crippen LogP contribution in [0.4, 0.5) is 0 Å². The van der Waals surface area contributed by atoms with Crippen LogP contribution in [-0.2, 0) is 6.61 Å². The Morgan fingerprint density at radius 1 is 1.12 bits per heavy atom. The minimum absolute atomic E-state index is 0.374. The van der Waals surface area contributed by atoms with Crippen molar-refractivity contribution in [3.05, 3.63) is 71.3 Å². The molecule has 0 bridgehead atoms. The molecule has 0 radical (unpaired) electrons. The largest absolute Gasteiger partial charge is 0.496 e. The summed E-state index contributed by atoms with van der Waals surface area (Å²) in [5, 5.41) is 12.3. The lowest BCUT2D eigenvalue weighted by Gasteiger charge is -2.11. The van der Waals surface area contributed by atoms with Crippen molar-refractivity contribution >= 4 is 17.8 Å². The van der Waals surface area contributed by atoms with E-state index in [9.17, 15) is 0 Å². The van der Waals surface area contributed by atoms with Gasteiger partial charge in [0.15, 0.2) is 0 Å². The van der Waals surface area contributed by atoms with E-state index in [4.69, 9.17) is 21.1 Å². The summed E-state index contributed by atoms with van der Waals surface area (Å²) in [7, 11) is 1.63. The molecule has 1 heterocycles. The first-order chi connectivity index (χ1) is 11.7. The zero-order chi connectivity index (χ0) is 16.8.